The molecule has 0 aliphatic carbocycles. The lowest BCUT2D eigenvalue weighted by Crippen LogP contribution is -2.22. The molecule has 0 fully saturated rings. The van der Waals surface area contributed by atoms with Crippen molar-refractivity contribution in [2.24, 2.45) is 0 Å². The molecular formula is C5H5F3O4. The zero-order valence-electron chi connectivity index (χ0n) is 5.97. The Balaban J connectivity index is 3.65. The molecule has 0 amide bonds. The van der Waals surface area contributed by atoms with Crippen LogP contribution >= 0.6 is 0 Å². The van der Waals surface area contributed by atoms with Crippen LogP contribution < -0.4 is 0 Å². The maximum Gasteiger partial charge on any atom is 0.523 e. The Kier molecular flexibility index (Phi) is 3.68. The van der Waals surface area contributed by atoms with Crippen LogP contribution in [0.4, 0.5) is 13.2 Å². The SMILES string of the molecule is CC(=O)OC(=O)COC(F)(F)F. The van der Waals surface area contributed by atoms with Gasteiger partial charge in [0.25, 0.3) is 0 Å². The Morgan fingerprint density at radius 3 is 2.17 bits per heavy atom. The number of rotatable bonds is 2. The molecule has 0 aromatic carbocycles. The average Bonchev–Trinajstić information content (AvgIpc) is 1.80. The Hall–Kier alpha value is -1.11. The molecule has 0 heterocycles. The Bertz CT molecular complexity index is 186. The van der Waals surface area contributed by atoms with Gasteiger partial charge in [0.2, 0.25) is 0 Å². The van der Waals surface area contributed by atoms with E-state index in [9.17, 15) is 22.8 Å². The molecule has 0 bridgehead atoms. The van der Waals surface area contributed by atoms with Gasteiger partial charge in [-0.15, -0.1) is 13.2 Å². The first kappa shape index (κ1) is 10.9. The van der Waals surface area contributed by atoms with Crippen molar-refractivity contribution in [2.45, 2.75) is 13.3 Å². The van der Waals surface area contributed by atoms with Crippen LogP contribution in [0.15, 0.2) is 0 Å². The van der Waals surface area contributed by atoms with Gasteiger partial charge < -0.3 is 4.74 Å². The minimum absolute atomic E-state index is 0.894. The van der Waals surface area contributed by atoms with Crippen molar-refractivity contribution in [2.75, 3.05) is 6.61 Å². The quantitative estimate of drug-likeness (QED) is 0.468. The fraction of sp³-hybridized carbons (Fsp3) is 0.600. The van der Waals surface area contributed by atoms with Gasteiger partial charge in [-0.05, 0) is 0 Å². The zero-order valence-corrected chi connectivity index (χ0v) is 5.97. The monoisotopic (exact) mass is 186 g/mol. The maximum atomic E-state index is 11.2. The van der Waals surface area contributed by atoms with Crippen LogP contribution in [-0.2, 0) is 19.1 Å². The highest BCUT2D eigenvalue weighted by Crippen LogP contribution is 2.15. The number of alkyl halides is 3. The van der Waals surface area contributed by atoms with E-state index >= 15 is 0 Å². The Morgan fingerprint density at radius 1 is 1.33 bits per heavy atom. The van der Waals surface area contributed by atoms with Crippen LogP contribution in [0.2, 0.25) is 0 Å². The van der Waals surface area contributed by atoms with Crippen LogP contribution in [0.3, 0.4) is 0 Å². The highest BCUT2D eigenvalue weighted by molar-refractivity contribution is 5.84. The molecule has 0 unspecified atom stereocenters. The summed E-state index contributed by atoms with van der Waals surface area (Å²) in [5, 5.41) is 0. The van der Waals surface area contributed by atoms with Gasteiger partial charge in [0.1, 0.15) is 0 Å². The second kappa shape index (κ2) is 4.05. The third-order valence-electron chi connectivity index (χ3n) is 0.611. The minimum Gasteiger partial charge on any atom is -0.392 e. The lowest BCUT2D eigenvalue weighted by Gasteiger charge is -2.04. The average molecular weight is 186 g/mol. The van der Waals surface area contributed by atoms with Crippen molar-refractivity contribution >= 4 is 11.9 Å². The molecule has 7 heteroatoms. The summed E-state index contributed by atoms with van der Waals surface area (Å²) in [7, 11) is 0. The number of carbonyl (C=O) groups is 2. The van der Waals surface area contributed by atoms with Crippen LogP contribution in [-0.4, -0.2) is 24.9 Å². The predicted octanol–water partition coefficient (Wildman–Crippen LogP) is 0.612. The molecule has 0 saturated carbocycles. The van der Waals surface area contributed by atoms with Crippen molar-refractivity contribution in [3.63, 3.8) is 0 Å². The molecule has 0 aliphatic heterocycles. The molecule has 0 spiro atoms. The molecule has 0 aliphatic rings. The van der Waals surface area contributed by atoms with Crippen LogP contribution in [0.5, 0.6) is 0 Å². The highest BCUT2D eigenvalue weighted by Gasteiger charge is 2.30. The van der Waals surface area contributed by atoms with Crippen LogP contribution in [0, 0.1) is 0 Å². The highest BCUT2D eigenvalue weighted by atomic mass is 19.4. The van der Waals surface area contributed by atoms with Crippen molar-refractivity contribution < 1.29 is 32.2 Å². The summed E-state index contributed by atoms with van der Waals surface area (Å²) in [5.41, 5.74) is 0. The van der Waals surface area contributed by atoms with Crippen LogP contribution in [0.25, 0.3) is 0 Å². The number of halogens is 3. The van der Waals surface area contributed by atoms with Gasteiger partial charge in [-0.25, -0.2) is 4.79 Å². The lowest BCUT2D eigenvalue weighted by molar-refractivity contribution is -0.322. The third kappa shape index (κ3) is 7.00. The van der Waals surface area contributed by atoms with Gasteiger partial charge in [-0.2, -0.15) is 0 Å². The van der Waals surface area contributed by atoms with Crippen molar-refractivity contribution in [3.05, 3.63) is 0 Å². The summed E-state index contributed by atoms with van der Waals surface area (Å²) >= 11 is 0. The molecule has 4 nitrogen and oxygen atoms in total. The van der Waals surface area contributed by atoms with Gasteiger partial charge in [-0.3, -0.25) is 9.53 Å². The summed E-state index contributed by atoms with van der Waals surface area (Å²) < 4.78 is 40.5. The molecule has 0 radical (unpaired) electrons. The van der Waals surface area contributed by atoms with E-state index < -0.39 is 24.9 Å². The summed E-state index contributed by atoms with van der Waals surface area (Å²) in [4.78, 5) is 20.2. The molecular weight excluding hydrogens is 181 g/mol. The zero-order chi connectivity index (χ0) is 9.78. The smallest absolute Gasteiger partial charge is 0.392 e. The van der Waals surface area contributed by atoms with E-state index in [-0.39, 0.29) is 0 Å². The van der Waals surface area contributed by atoms with Crippen molar-refractivity contribution in [3.8, 4) is 0 Å². The summed E-state index contributed by atoms with van der Waals surface area (Å²) in [6, 6.07) is 0. The first-order valence-corrected chi connectivity index (χ1v) is 2.73. The van der Waals surface area contributed by atoms with Gasteiger partial charge in [-0.1, -0.05) is 0 Å². The van der Waals surface area contributed by atoms with E-state index in [1.165, 1.54) is 0 Å². The van der Waals surface area contributed by atoms with Crippen molar-refractivity contribution in [1.29, 1.82) is 0 Å². The Labute approximate surface area is 65.2 Å². The molecule has 0 atom stereocenters. The summed E-state index contributed by atoms with van der Waals surface area (Å²) in [6.45, 7) is -0.422. The molecule has 0 aromatic heterocycles. The number of hydrogen-bond donors (Lipinski definition) is 0. The third-order valence-corrected chi connectivity index (χ3v) is 0.611. The summed E-state index contributed by atoms with van der Waals surface area (Å²) in [5.74, 6) is -2.36. The van der Waals surface area contributed by atoms with E-state index in [1.807, 2.05) is 0 Å². The standard InChI is InChI=1S/C5H5F3O4/c1-3(9)12-4(10)2-11-5(6,7)8/h2H2,1H3. The molecule has 0 rings (SSSR count). The molecule has 12 heavy (non-hydrogen) atoms. The lowest BCUT2D eigenvalue weighted by atomic mass is 10.7. The second-order valence-electron chi connectivity index (χ2n) is 1.70. The Morgan fingerprint density at radius 2 is 1.83 bits per heavy atom. The fourth-order valence-electron chi connectivity index (χ4n) is 0.331. The van der Waals surface area contributed by atoms with E-state index in [1.54, 1.807) is 0 Å². The largest absolute Gasteiger partial charge is 0.523 e. The van der Waals surface area contributed by atoms with E-state index in [4.69, 9.17) is 0 Å². The fourth-order valence-corrected chi connectivity index (χ4v) is 0.331. The first-order valence-electron chi connectivity index (χ1n) is 2.73. The van der Waals surface area contributed by atoms with Gasteiger partial charge in [0.15, 0.2) is 6.61 Å². The topological polar surface area (TPSA) is 52.6 Å². The van der Waals surface area contributed by atoms with Gasteiger partial charge in [0, 0.05) is 6.92 Å². The number of carbonyl (C=O) groups excluding carboxylic acids is 2. The maximum absolute atomic E-state index is 11.2. The van der Waals surface area contributed by atoms with E-state index in [0.717, 1.165) is 6.92 Å². The van der Waals surface area contributed by atoms with E-state index in [0.29, 0.717) is 0 Å². The predicted molar refractivity (Wildman–Crippen MR) is 28.8 cm³/mol. The molecule has 0 aromatic rings. The van der Waals surface area contributed by atoms with Crippen molar-refractivity contribution in [1.82, 2.24) is 0 Å². The second-order valence-corrected chi connectivity index (χ2v) is 1.70. The molecule has 70 valence electrons. The van der Waals surface area contributed by atoms with Gasteiger partial charge in [0.05, 0.1) is 0 Å². The summed E-state index contributed by atoms with van der Waals surface area (Å²) in [6.07, 6.45) is -4.89. The molecule has 0 N–H and O–H groups in total. The normalized spacial score (nSPS) is 11.0. The first-order chi connectivity index (χ1) is 5.31. The van der Waals surface area contributed by atoms with E-state index in [2.05, 4.69) is 9.47 Å². The number of esters is 2. The van der Waals surface area contributed by atoms with Gasteiger partial charge >= 0.3 is 18.3 Å². The van der Waals surface area contributed by atoms with Crippen LogP contribution in [0.1, 0.15) is 6.92 Å². The molecule has 0 saturated heterocycles. The number of hydrogen-bond acceptors (Lipinski definition) is 4. The number of ether oxygens (including phenoxy) is 2. The minimum atomic E-state index is -4.89.